The lowest BCUT2D eigenvalue weighted by atomic mass is 11.6. The summed E-state index contributed by atoms with van der Waals surface area (Å²) in [5.41, 5.74) is -2.09. The first-order valence-corrected chi connectivity index (χ1v) is 3.34. The SMILES string of the molecule is O=C(O)P(=O)(O)O.O=CO.P. The molecule has 0 aromatic rings. The zero-order valence-corrected chi connectivity index (χ0v) is 7.55. The van der Waals surface area contributed by atoms with E-state index in [1.54, 1.807) is 0 Å². The van der Waals surface area contributed by atoms with E-state index in [0.29, 0.717) is 0 Å². The second kappa shape index (κ2) is 7.63. The van der Waals surface area contributed by atoms with Gasteiger partial charge in [-0.05, 0) is 0 Å². The maximum Gasteiger partial charge on any atom is 0.433 e. The highest BCUT2D eigenvalue weighted by Gasteiger charge is 2.23. The standard InChI is InChI=1S/CH3O5P.CH2O2.H3P/c2-1(3)7(4,5)6;2-1-3;/h(H,2,3)(H2,4,5,6);1H,(H,2,3);1H3. The highest BCUT2D eigenvalue weighted by Crippen LogP contribution is 2.34. The van der Waals surface area contributed by atoms with E-state index in [0.717, 1.165) is 0 Å². The average molecular weight is 206 g/mol. The summed E-state index contributed by atoms with van der Waals surface area (Å²) in [5, 5.41) is 14.4. The third-order valence-corrected chi connectivity index (χ3v) is 0.748. The summed E-state index contributed by atoms with van der Waals surface area (Å²) < 4.78 is 9.43. The van der Waals surface area contributed by atoms with Crippen LogP contribution in [0.15, 0.2) is 0 Å². The zero-order valence-electron chi connectivity index (χ0n) is 5.25. The Morgan fingerprint density at radius 3 is 1.45 bits per heavy atom. The van der Waals surface area contributed by atoms with Gasteiger partial charge < -0.3 is 20.0 Å². The Kier molecular flexibility index (Phi) is 11.7. The summed E-state index contributed by atoms with van der Waals surface area (Å²) in [6, 6.07) is 0. The summed E-state index contributed by atoms with van der Waals surface area (Å²) in [6.07, 6.45) is 0. The van der Waals surface area contributed by atoms with Gasteiger partial charge in [0.15, 0.2) is 0 Å². The molecule has 0 fully saturated rings. The number of carboxylic acid groups (broad SMARTS) is 2. The van der Waals surface area contributed by atoms with E-state index in [-0.39, 0.29) is 16.4 Å². The Morgan fingerprint density at radius 1 is 1.36 bits per heavy atom. The first-order chi connectivity index (χ1) is 4.36. The lowest BCUT2D eigenvalue weighted by Crippen LogP contribution is -1.90. The van der Waals surface area contributed by atoms with Crippen LogP contribution in [-0.4, -0.2) is 32.2 Å². The molecule has 0 amide bonds. The molecule has 1 atom stereocenters. The van der Waals surface area contributed by atoms with Crippen LogP contribution in [0.2, 0.25) is 0 Å². The van der Waals surface area contributed by atoms with Crippen molar-refractivity contribution in [2.24, 2.45) is 0 Å². The predicted octanol–water partition coefficient (Wildman–Crippen LogP) is -0.399. The van der Waals surface area contributed by atoms with Gasteiger partial charge in [-0.2, -0.15) is 9.90 Å². The number of hydrogen-bond donors (Lipinski definition) is 4. The van der Waals surface area contributed by atoms with Crippen LogP contribution in [0.3, 0.4) is 0 Å². The van der Waals surface area contributed by atoms with Crippen LogP contribution in [-0.2, 0) is 9.36 Å². The fraction of sp³-hybridized carbons (Fsp3) is 0. The van der Waals surface area contributed by atoms with Gasteiger partial charge in [0.1, 0.15) is 0 Å². The molecular weight excluding hydrogens is 198 g/mol. The van der Waals surface area contributed by atoms with Crippen molar-refractivity contribution in [1.29, 1.82) is 0 Å². The van der Waals surface area contributed by atoms with E-state index in [9.17, 15) is 9.36 Å². The molecule has 4 N–H and O–H groups in total. The topological polar surface area (TPSA) is 132 Å². The molecule has 0 aliphatic heterocycles. The van der Waals surface area contributed by atoms with Gasteiger partial charge in [0, 0.05) is 0 Å². The fourth-order valence-electron chi connectivity index (χ4n) is 0. The molecule has 0 aliphatic rings. The monoisotopic (exact) mass is 206 g/mol. The van der Waals surface area contributed by atoms with Crippen molar-refractivity contribution in [2.75, 3.05) is 0 Å². The van der Waals surface area contributed by atoms with Crippen LogP contribution in [0.1, 0.15) is 0 Å². The van der Waals surface area contributed by atoms with Gasteiger partial charge in [-0.3, -0.25) is 4.79 Å². The molecule has 1 unspecified atom stereocenters. The second-order valence-electron chi connectivity index (χ2n) is 0.932. The van der Waals surface area contributed by atoms with Crippen molar-refractivity contribution >= 4 is 29.7 Å². The summed E-state index contributed by atoms with van der Waals surface area (Å²) in [7, 11) is -4.82. The third-order valence-electron chi connectivity index (χ3n) is 0.249. The van der Waals surface area contributed by atoms with Gasteiger partial charge in [-0.1, -0.05) is 0 Å². The molecule has 0 saturated heterocycles. The number of carbonyl (C=O) groups is 2. The Bertz CT molecular complexity index is 158. The van der Waals surface area contributed by atoms with Crippen molar-refractivity contribution in [2.45, 2.75) is 0 Å². The molecule has 7 nitrogen and oxygen atoms in total. The molecule has 0 radical (unpaired) electrons. The Morgan fingerprint density at radius 2 is 1.45 bits per heavy atom. The van der Waals surface area contributed by atoms with E-state index in [1.807, 2.05) is 0 Å². The summed E-state index contributed by atoms with van der Waals surface area (Å²) in [6.45, 7) is -0.250. The van der Waals surface area contributed by atoms with Crippen LogP contribution in [0.4, 0.5) is 4.79 Å². The van der Waals surface area contributed by atoms with Gasteiger partial charge in [0.2, 0.25) is 0 Å². The van der Waals surface area contributed by atoms with E-state index in [4.69, 9.17) is 24.8 Å². The first-order valence-electron chi connectivity index (χ1n) is 1.73. The van der Waals surface area contributed by atoms with E-state index >= 15 is 0 Å². The Balaban J connectivity index is -0.000000140. The molecule has 0 aliphatic carbocycles. The first kappa shape index (κ1) is 16.9. The number of hydrogen-bond acceptors (Lipinski definition) is 3. The zero-order chi connectivity index (χ0) is 8.78. The largest absolute Gasteiger partial charge is 0.483 e. The van der Waals surface area contributed by atoms with Gasteiger partial charge in [0.05, 0.1) is 0 Å². The molecule has 0 saturated carbocycles. The summed E-state index contributed by atoms with van der Waals surface area (Å²) in [4.78, 5) is 32.8. The third kappa shape index (κ3) is 17.7. The van der Waals surface area contributed by atoms with E-state index in [2.05, 4.69) is 0 Å². The maximum absolute atomic E-state index is 9.43. The highest BCUT2D eigenvalue weighted by atomic mass is 31.2. The minimum absolute atomic E-state index is 0. The molecule has 0 heterocycles. The molecule has 11 heavy (non-hydrogen) atoms. The van der Waals surface area contributed by atoms with E-state index in [1.165, 1.54) is 0 Å². The predicted molar refractivity (Wildman–Crippen MR) is 39.9 cm³/mol. The molecule has 0 aromatic heterocycles. The van der Waals surface area contributed by atoms with Gasteiger partial charge in [0.25, 0.3) is 6.47 Å². The van der Waals surface area contributed by atoms with Crippen LogP contribution in [0.5, 0.6) is 0 Å². The van der Waals surface area contributed by atoms with E-state index < -0.39 is 13.3 Å². The second-order valence-corrected chi connectivity index (χ2v) is 2.40. The molecule has 68 valence electrons. The van der Waals surface area contributed by atoms with Crippen molar-refractivity contribution in [3.05, 3.63) is 0 Å². The summed E-state index contributed by atoms with van der Waals surface area (Å²) >= 11 is 0. The molecule has 0 rings (SSSR count). The number of rotatable bonds is 1. The van der Waals surface area contributed by atoms with Crippen molar-refractivity contribution in [1.82, 2.24) is 0 Å². The van der Waals surface area contributed by atoms with Crippen LogP contribution in [0, 0.1) is 0 Å². The quantitative estimate of drug-likeness (QED) is 0.339. The van der Waals surface area contributed by atoms with Crippen molar-refractivity contribution in [3.63, 3.8) is 0 Å². The van der Waals surface area contributed by atoms with Gasteiger partial charge in [-0.15, -0.1) is 0 Å². The van der Waals surface area contributed by atoms with Gasteiger partial charge in [-0.25, -0.2) is 9.36 Å². The van der Waals surface area contributed by atoms with Crippen molar-refractivity contribution < 1.29 is 34.2 Å². The van der Waals surface area contributed by atoms with Crippen LogP contribution < -0.4 is 0 Å². The Labute approximate surface area is 64.8 Å². The highest BCUT2D eigenvalue weighted by molar-refractivity contribution is 7.69. The lowest BCUT2D eigenvalue weighted by Gasteiger charge is -1.90. The minimum Gasteiger partial charge on any atom is -0.483 e. The molecule has 0 spiro atoms. The molecular formula is C2H8O7P2. The Hall–Kier alpha value is -0.480. The summed E-state index contributed by atoms with van der Waals surface area (Å²) in [5.74, 6) is 0. The normalized spacial score (nSPS) is 8.18. The minimum atomic E-state index is -4.82. The fourth-order valence-corrected chi connectivity index (χ4v) is 0. The lowest BCUT2D eigenvalue weighted by molar-refractivity contribution is -0.122. The van der Waals surface area contributed by atoms with Crippen LogP contribution >= 0.6 is 17.5 Å². The molecule has 0 aromatic carbocycles. The van der Waals surface area contributed by atoms with Gasteiger partial charge >= 0.3 is 13.3 Å². The molecule has 9 heteroatoms. The smallest absolute Gasteiger partial charge is 0.433 e. The molecule has 0 bridgehead atoms. The van der Waals surface area contributed by atoms with Crippen molar-refractivity contribution in [3.8, 4) is 0 Å². The average Bonchev–Trinajstić information content (AvgIpc) is 1.64. The van der Waals surface area contributed by atoms with Crippen LogP contribution in [0.25, 0.3) is 0 Å². The maximum atomic E-state index is 9.43.